The van der Waals surface area contributed by atoms with E-state index in [9.17, 15) is 49.8 Å². The molecule has 334 valence electrons. The summed E-state index contributed by atoms with van der Waals surface area (Å²) in [5.74, 6) is -8.62. The van der Waals surface area contributed by atoms with Crippen LogP contribution < -0.4 is 4.74 Å². The molecule has 20 nitrogen and oxygen atoms in total. The van der Waals surface area contributed by atoms with Crippen molar-refractivity contribution in [3.8, 4) is 11.5 Å². The number of phenolic OH excluding ortho intramolecular Hbond substituents is 1. The fourth-order valence-corrected chi connectivity index (χ4v) is 11.7. The number of ether oxygens (including phenoxy) is 7. The van der Waals surface area contributed by atoms with Crippen molar-refractivity contribution in [1.29, 1.82) is 0 Å². The lowest BCUT2D eigenvalue weighted by Crippen LogP contribution is -2.79. The van der Waals surface area contributed by atoms with Crippen LogP contribution in [0.5, 0.6) is 11.5 Å². The Labute approximate surface area is 356 Å². The van der Waals surface area contributed by atoms with Crippen LogP contribution in [0, 0.1) is 0 Å². The van der Waals surface area contributed by atoms with E-state index in [1.54, 1.807) is 0 Å². The number of methoxy groups -OCH3 is 3. The van der Waals surface area contributed by atoms with E-state index in [-0.39, 0.29) is 11.8 Å². The summed E-state index contributed by atoms with van der Waals surface area (Å²) in [6.45, 7) is 2.45. The van der Waals surface area contributed by atoms with Crippen LogP contribution in [0.3, 0.4) is 0 Å². The van der Waals surface area contributed by atoms with E-state index >= 15 is 14.4 Å². The monoisotopic (exact) mass is 888 g/mol. The Morgan fingerprint density at radius 3 is 1.66 bits per heavy atom. The van der Waals surface area contributed by atoms with Gasteiger partial charge in [-0.2, -0.15) is 0 Å². The Morgan fingerprint density at radius 2 is 1.16 bits per heavy atom. The van der Waals surface area contributed by atoms with E-state index < -0.39 is 176 Å². The van der Waals surface area contributed by atoms with E-state index in [0.717, 1.165) is 33.5 Å². The largest absolute Gasteiger partial charge is 0.507 e. The van der Waals surface area contributed by atoms with Crippen LogP contribution >= 0.6 is 11.8 Å². The van der Waals surface area contributed by atoms with Crippen LogP contribution in [0.25, 0.3) is 0 Å². The third kappa shape index (κ3) is 6.39. The van der Waals surface area contributed by atoms with Crippen molar-refractivity contribution in [2.75, 3.05) is 21.3 Å². The van der Waals surface area contributed by atoms with Crippen molar-refractivity contribution in [3.63, 3.8) is 0 Å². The highest BCUT2D eigenvalue weighted by Crippen LogP contribution is 2.64. The first-order chi connectivity index (χ1) is 29.2. The van der Waals surface area contributed by atoms with Gasteiger partial charge in [-0.3, -0.25) is 28.8 Å². The van der Waals surface area contributed by atoms with E-state index in [4.69, 9.17) is 28.4 Å². The van der Waals surface area contributed by atoms with Crippen molar-refractivity contribution in [2.45, 2.75) is 115 Å². The van der Waals surface area contributed by atoms with Gasteiger partial charge in [0.1, 0.15) is 39.3 Å². The zero-order valence-corrected chi connectivity index (χ0v) is 34.6. The smallest absolute Gasteiger partial charge is 0.337 e. The quantitative estimate of drug-likeness (QED) is 0.135. The number of aliphatic hydroxyl groups is 5. The number of fused-ring (bicyclic) bond motifs is 4. The molecule has 0 aromatic heterocycles. The summed E-state index contributed by atoms with van der Waals surface area (Å²) >= 11 is 0.287. The van der Waals surface area contributed by atoms with Gasteiger partial charge in [0.15, 0.2) is 28.9 Å². The summed E-state index contributed by atoms with van der Waals surface area (Å²) in [7, 11) is 3.16. The molecule has 2 aromatic rings. The normalized spacial score (nSPS) is 37.5. The molecule has 0 radical (unpaired) electrons. The molecule has 0 bridgehead atoms. The second-order valence-corrected chi connectivity index (χ2v) is 17.4. The third-order valence-corrected chi connectivity index (χ3v) is 14.5. The van der Waals surface area contributed by atoms with E-state index in [1.165, 1.54) is 38.1 Å². The summed E-state index contributed by atoms with van der Waals surface area (Å²) in [5.41, 5.74) is -8.10. The molecule has 3 fully saturated rings. The van der Waals surface area contributed by atoms with Gasteiger partial charge >= 0.3 is 17.9 Å². The highest BCUT2D eigenvalue weighted by atomic mass is 32.2. The van der Waals surface area contributed by atoms with Gasteiger partial charge in [-0.15, -0.1) is 11.8 Å². The number of ketones is 4. The van der Waals surface area contributed by atoms with Gasteiger partial charge in [0.25, 0.3) is 0 Å². The molecule has 6 N–H and O–H groups in total. The van der Waals surface area contributed by atoms with Crippen molar-refractivity contribution < 1.29 is 97.4 Å². The lowest BCUT2D eigenvalue weighted by Gasteiger charge is -2.61. The number of carbonyl (C=O) groups is 7. The Hall–Kier alpha value is -4.84. The first-order valence-electron chi connectivity index (χ1n) is 19.4. The Bertz CT molecular complexity index is 2250. The molecule has 0 saturated carbocycles. The van der Waals surface area contributed by atoms with E-state index in [0.29, 0.717) is 0 Å². The number of hydrogen-bond acceptors (Lipinski definition) is 21. The van der Waals surface area contributed by atoms with Crippen LogP contribution in [-0.2, 0) is 42.8 Å². The van der Waals surface area contributed by atoms with Gasteiger partial charge in [-0.25, -0.2) is 4.79 Å². The molecule has 0 unspecified atom stereocenters. The van der Waals surface area contributed by atoms with Crippen LogP contribution in [0.15, 0.2) is 36.4 Å². The number of Topliss-reactive ketones (excluding diaryl/α,β-unsaturated/α-hetero) is 4. The number of phenols is 1. The summed E-state index contributed by atoms with van der Waals surface area (Å²) in [5, 5.41) is 68.9. The van der Waals surface area contributed by atoms with Crippen LogP contribution in [0.2, 0.25) is 0 Å². The van der Waals surface area contributed by atoms with Crippen LogP contribution in [0.4, 0.5) is 0 Å². The molecule has 0 spiro atoms. The fraction of sp³-hybridized carbons (Fsp3) is 0.537. The Morgan fingerprint density at radius 1 is 0.677 bits per heavy atom. The summed E-state index contributed by atoms with van der Waals surface area (Å²) in [4.78, 5) is 98.9. The van der Waals surface area contributed by atoms with Gasteiger partial charge < -0.3 is 63.8 Å². The van der Waals surface area contributed by atoms with Crippen molar-refractivity contribution in [3.05, 3.63) is 58.7 Å². The van der Waals surface area contributed by atoms with Crippen molar-refractivity contribution in [1.82, 2.24) is 0 Å². The fourth-order valence-electron chi connectivity index (χ4n) is 9.37. The van der Waals surface area contributed by atoms with Crippen LogP contribution in [-0.4, -0.2) is 169 Å². The summed E-state index contributed by atoms with van der Waals surface area (Å²) < 4.78 is 32.4. The average Bonchev–Trinajstić information content (AvgIpc) is 3.24. The highest BCUT2D eigenvalue weighted by Gasteiger charge is 2.78. The lowest BCUT2D eigenvalue weighted by atomic mass is 9.63. The highest BCUT2D eigenvalue weighted by molar-refractivity contribution is 8.03. The molecule has 2 aromatic carbocycles. The zero-order valence-electron chi connectivity index (χ0n) is 33.8. The maximum atomic E-state index is 15.7. The molecule has 3 aliphatic heterocycles. The van der Waals surface area contributed by atoms with Gasteiger partial charge in [0, 0.05) is 11.1 Å². The maximum absolute atomic E-state index is 15.7. The number of benzene rings is 2. The summed E-state index contributed by atoms with van der Waals surface area (Å²) in [6, 6.07) is 7.14. The molecule has 21 heteroatoms. The molecule has 62 heavy (non-hydrogen) atoms. The van der Waals surface area contributed by atoms with Gasteiger partial charge in [0.05, 0.1) is 69.7 Å². The second kappa shape index (κ2) is 16.1. The molecule has 7 rings (SSSR count). The summed E-state index contributed by atoms with van der Waals surface area (Å²) in [6.07, 6.45) is -18.5. The molecular formula is C41H44O20S. The van der Waals surface area contributed by atoms with Crippen molar-refractivity contribution in [2.24, 2.45) is 0 Å². The molecule has 3 saturated heterocycles. The number of aliphatic hydroxyl groups excluding tert-OH is 3. The molecule has 5 aliphatic rings. The van der Waals surface area contributed by atoms with Gasteiger partial charge in [-0.1, -0.05) is 24.3 Å². The topological polar surface area (TPSA) is 305 Å². The number of hydrogen-bond donors (Lipinski definition) is 6. The maximum Gasteiger partial charge on any atom is 0.337 e. The first-order valence-corrected chi connectivity index (χ1v) is 20.2. The lowest BCUT2D eigenvalue weighted by molar-refractivity contribution is -0.272. The number of thioether (sulfide) groups is 1. The second-order valence-electron chi connectivity index (χ2n) is 15.8. The standard InChI is InChI=1S/C41H44O20S/c1-16-40(53)34(50)26-20(8-6-10-22(26)42)32(48)38(40,14-18(58-16)12-24(43)55-3)62-39-15-19(13-25(44)56-4)59-17(2)41(39,54)35(51)27-21(33(39)49)9-7-11-23(27)60-37-30(47)28(45)29(46)31(61-37)36(52)57-5/h6-11,16-19,28-31,37,42,45-47,53-54H,12-15H2,1-5H3/t16-,17-,18-,19-,28+,29+,30-,31+,37-,38+,39+,40+,41+/m0/s1. The molecular weight excluding hydrogens is 844 g/mol. The molecule has 2 aliphatic carbocycles. The number of aromatic hydroxyl groups is 1. The first kappa shape index (κ1) is 45.2. The third-order valence-electron chi connectivity index (χ3n) is 12.5. The zero-order chi connectivity index (χ0) is 45.4. The Kier molecular flexibility index (Phi) is 11.7. The average molecular weight is 889 g/mol. The van der Waals surface area contributed by atoms with Crippen molar-refractivity contribution >= 4 is 52.8 Å². The van der Waals surface area contributed by atoms with E-state index in [2.05, 4.69) is 4.74 Å². The number of rotatable bonds is 9. The van der Waals surface area contributed by atoms with Gasteiger partial charge in [0.2, 0.25) is 17.9 Å². The SMILES string of the molecule is COC(=O)C[C@H]1C[C@@]2(S[C@@]34C[C@H](CC(=O)OC)O[C@@H](C)[C@@]3(O)C(=O)c3c(O[C@H]5O[C@@H](C(=O)OC)[C@H](O)[C@@H](O)[C@@H]5O)cccc3C4=O)C(=O)c3cccc(O)c3C(=O)[C@]2(O)[C@H](C)O1. The Balaban J connectivity index is 1.45. The minimum atomic E-state index is -3.08. The van der Waals surface area contributed by atoms with Crippen LogP contribution in [0.1, 0.15) is 81.0 Å². The minimum Gasteiger partial charge on any atom is -0.507 e. The molecule has 13 atom stereocenters. The molecule has 3 heterocycles. The predicted octanol–water partition coefficient (Wildman–Crippen LogP) is -0.636. The molecule has 0 amide bonds. The van der Waals surface area contributed by atoms with E-state index in [1.807, 2.05) is 0 Å². The minimum absolute atomic E-state index is 0.287. The number of esters is 3. The number of carbonyl (C=O) groups excluding carboxylic acids is 7. The predicted molar refractivity (Wildman–Crippen MR) is 205 cm³/mol. The van der Waals surface area contributed by atoms with Gasteiger partial charge in [-0.05, 0) is 38.8 Å².